The zero-order chi connectivity index (χ0) is 24.9. The Labute approximate surface area is 203 Å². The highest BCUT2D eigenvalue weighted by Crippen LogP contribution is 2.31. The molecule has 0 atom stereocenters. The van der Waals surface area contributed by atoms with Crippen LogP contribution < -0.4 is 15.5 Å². The highest BCUT2D eigenvalue weighted by atomic mass is 19.1. The number of nitrogens with zero attached hydrogens (tertiary/aromatic N) is 5. The molecule has 0 spiro atoms. The van der Waals surface area contributed by atoms with Gasteiger partial charge in [-0.05, 0) is 56.1 Å². The first-order valence-electron chi connectivity index (χ1n) is 11.1. The number of rotatable bonds is 9. The van der Waals surface area contributed by atoms with Crippen molar-refractivity contribution in [1.29, 1.82) is 0 Å². The minimum absolute atomic E-state index is 0.289. The lowest BCUT2D eigenvalue weighted by molar-refractivity contribution is -0.111. The van der Waals surface area contributed by atoms with Crippen molar-refractivity contribution >= 4 is 34.3 Å². The molecule has 9 heteroatoms. The van der Waals surface area contributed by atoms with Crippen LogP contribution in [-0.2, 0) is 4.79 Å². The highest BCUT2D eigenvalue weighted by molar-refractivity contribution is 6.01. The van der Waals surface area contributed by atoms with E-state index in [1.54, 1.807) is 23.1 Å². The van der Waals surface area contributed by atoms with Crippen molar-refractivity contribution in [2.24, 2.45) is 0 Å². The van der Waals surface area contributed by atoms with E-state index in [4.69, 9.17) is 0 Å². The van der Waals surface area contributed by atoms with Crippen molar-refractivity contribution in [3.05, 3.63) is 79.5 Å². The van der Waals surface area contributed by atoms with Crippen LogP contribution in [-0.4, -0.2) is 59.6 Å². The molecule has 0 saturated heterocycles. The minimum atomic E-state index is -0.306. The summed E-state index contributed by atoms with van der Waals surface area (Å²) >= 11 is 0. The van der Waals surface area contributed by atoms with Gasteiger partial charge in [-0.15, -0.1) is 0 Å². The lowest BCUT2D eigenvalue weighted by atomic mass is 10.1. The van der Waals surface area contributed by atoms with Crippen LogP contribution in [0.2, 0.25) is 0 Å². The Morgan fingerprint density at radius 2 is 1.97 bits per heavy atom. The molecule has 0 radical (unpaired) electrons. The maximum absolute atomic E-state index is 13.8. The van der Waals surface area contributed by atoms with Gasteiger partial charge in [0.25, 0.3) is 0 Å². The number of fused-ring (bicyclic) bond motifs is 1. The first-order chi connectivity index (χ1) is 16.8. The van der Waals surface area contributed by atoms with Gasteiger partial charge >= 0.3 is 0 Å². The van der Waals surface area contributed by atoms with Crippen molar-refractivity contribution in [1.82, 2.24) is 19.5 Å². The second kappa shape index (κ2) is 10.4. The normalized spacial score (nSPS) is 11.0. The van der Waals surface area contributed by atoms with E-state index < -0.39 is 0 Å². The molecule has 2 N–H and O–H groups in total. The van der Waals surface area contributed by atoms with Crippen LogP contribution in [0.15, 0.2) is 73.7 Å². The summed E-state index contributed by atoms with van der Waals surface area (Å²) in [5.74, 6) is -0.00712. The zero-order valence-corrected chi connectivity index (χ0v) is 20.0. The topological polar surface area (TPSA) is 77.8 Å². The molecule has 0 aliphatic carbocycles. The Hall–Kier alpha value is -4.24. The number of carbonyl (C=O) groups excluding carboxylic acids is 1. The largest absolute Gasteiger partial charge is 0.372 e. The number of nitrogens with one attached hydrogen (secondary N) is 2. The average Bonchev–Trinajstić information content (AvgIpc) is 3.26. The molecular weight excluding hydrogens is 445 g/mol. The van der Waals surface area contributed by atoms with Crippen molar-refractivity contribution in [2.45, 2.75) is 0 Å². The second-order valence-electron chi connectivity index (χ2n) is 8.45. The predicted octanol–water partition coefficient (Wildman–Crippen LogP) is 4.40. The van der Waals surface area contributed by atoms with Gasteiger partial charge in [-0.25, -0.2) is 13.9 Å². The molecule has 2 heterocycles. The number of anilines is 4. The van der Waals surface area contributed by atoms with Gasteiger partial charge in [-0.2, -0.15) is 5.10 Å². The Kier molecular flexibility index (Phi) is 7.07. The number of hydrogen-bond acceptors (Lipinski definition) is 6. The van der Waals surface area contributed by atoms with Crippen molar-refractivity contribution in [3.63, 3.8) is 0 Å². The predicted molar refractivity (Wildman–Crippen MR) is 139 cm³/mol. The Balaban J connectivity index is 1.64. The Morgan fingerprint density at radius 3 is 2.71 bits per heavy atom. The molecule has 0 bridgehead atoms. The van der Waals surface area contributed by atoms with Crippen LogP contribution >= 0.6 is 0 Å². The molecule has 0 aliphatic heterocycles. The number of benzene rings is 2. The molecule has 2 aromatic heterocycles. The molecular formula is C26H28FN7O. The van der Waals surface area contributed by atoms with E-state index in [2.05, 4.69) is 37.1 Å². The third kappa shape index (κ3) is 5.64. The standard InChI is InChI=1S/C26H28FN7O/c1-5-26(35)31-22-14-20(9-10-23(22)33(4)12-11-32(2)3)30-25-15-24-21(16-29-34(24)17-28-25)18-7-6-8-19(27)13-18/h5-10,13-17,30H,1,11-12H2,2-4H3,(H,31,35). The number of likely N-dealkylation sites (N-methyl/N-ethyl adjacent to an activating group) is 2. The molecule has 35 heavy (non-hydrogen) atoms. The van der Waals surface area contributed by atoms with Crippen LogP contribution in [0.5, 0.6) is 0 Å². The van der Waals surface area contributed by atoms with E-state index in [9.17, 15) is 9.18 Å². The van der Waals surface area contributed by atoms with E-state index in [1.165, 1.54) is 18.2 Å². The molecule has 2 aromatic carbocycles. The van der Waals surface area contributed by atoms with E-state index in [-0.39, 0.29) is 11.7 Å². The monoisotopic (exact) mass is 473 g/mol. The summed E-state index contributed by atoms with van der Waals surface area (Å²) in [5.41, 5.74) is 4.61. The number of halogens is 1. The SMILES string of the molecule is C=CC(=O)Nc1cc(Nc2cc3c(-c4cccc(F)c4)cnn3cn2)ccc1N(C)CCN(C)C. The number of carbonyl (C=O) groups is 1. The van der Waals surface area contributed by atoms with Crippen LogP contribution in [0.4, 0.5) is 27.3 Å². The molecule has 1 amide bonds. The van der Waals surface area contributed by atoms with Crippen molar-refractivity contribution in [2.75, 3.05) is 49.8 Å². The molecule has 180 valence electrons. The van der Waals surface area contributed by atoms with E-state index in [0.717, 1.165) is 41.1 Å². The maximum Gasteiger partial charge on any atom is 0.247 e. The maximum atomic E-state index is 13.8. The van der Waals surface area contributed by atoms with Crippen molar-refractivity contribution in [3.8, 4) is 11.1 Å². The van der Waals surface area contributed by atoms with E-state index >= 15 is 0 Å². The van der Waals surface area contributed by atoms with Gasteiger partial charge in [0.15, 0.2) is 0 Å². The molecule has 0 unspecified atom stereocenters. The van der Waals surface area contributed by atoms with Crippen molar-refractivity contribution < 1.29 is 9.18 Å². The van der Waals surface area contributed by atoms with Crippen LogP contribution in [0, 0.1) is 5.82 Å². The third-order valence-corrected chi connectivity index (χ3v) is 5.56. The fourth-order valence-electron chi connectivity index (χ4n) is 3.69. The first-order valence-corrected chi connectivity index (χ1v) is 11.1. The second-order valence-corrected chi connectivity index (χ2v) is 8.45. The summed E-state index contributed by atoms with van der Waals surface area (Å²) in [6, 6.07) is 14.0. The molecule has 4 rings (SSSR count). The van der Waals surface area contributed by atoms with Crippen LogP contribution in [0.25, 0.3) is 16.6 Å². The average molecular weight is 474 g/mol. The van der Waals surface area contributed by atoms with E-state index in [1.807, 2.05) is 51.5 Å². The molecule has 8 nitrogen and oxygen atoms in total. The lowest BCUT2D eigenvalue weighted by Crippen LogP contribution is -2.29. The van der Waals surface area contributed by atoms with Gasteiger partial charge in [-0.1, -0.05) is 18.7 Å². The number of hydrogen-bond donors (Lipinski definition) is 2. The molecule has 4 aromatic rings. The fraction of sp³-hybridized carbons (Fsp3) is 0.192. The Bertz CT molecular complexity index is 1370. The summed E-state index contributed by atoms with van der Waals surface area (Å²) in [7, 11) is 6.02. The summed E-state index contributed by atoms with van der Waals surface area (Å²) in [5, 5.41) is 10.5. The van der Waals surface area contributed by atoms with Gasteiger partial charge in [0.1, 0.15) is 18.0 Å². The van der Waals surface area contributed by atoms with Gasteiger partial charge in [0.2, 0.25) is 5.91 Å². The molecule has 0 fully saturated rings. The van der Waals surface area contributed by atoms with Gasteiger partial charge < -0.3 is 20.4 Å². The van der Waals surface area contributed by atoms with Gasteiger partial charge in [0.05, 0.1) is 23.1 Å². The number of amides is 1. The molecule has 0 saturated carbocycles. The van der Waals surface area contributed by atoms with E-state index in [0.29, 0.717) is 11.5 Å². The lowest BCUT2D eigenvalue weighted by Gasteiger charge is -2.24. The minimum Gasteiger partial charge on any atom is -0.372 e. The summed E-state index contributed by atoms with van der Waals surface area (Å²) in [4.78, 5) is 20.7. The van der Waals surface area contributed by atoms with Crippen LogP contribution in [0.3, 0.4) is 0 Å². The quantitative estimate of drug-likeness (QED) is 0.351. The third-order valence-electron chi connectivity index (χ3n) is 5.56. The van der Waals surface area contributed by atoms with Gasteiger partial charge in [0, 0.05) is 37.5 Å². The zero-order valence-electron chi connectivity index (χ0n) is 20.0. The number of aromatic nitrogens is 3. The summed E-state index contributed by atoms with van der Waals surface area (Å²) in [6.07, 6.45) is 4.54. The highest BCUT2D eigenvalue weighted by Gasteiger charge is 2.13. The Morgan fingerprint density at radius 1 is 1.14 bits per heavy atom. The van der Waals surface area contributed by atoms with Crippen LogP contribution in [0.1, 0.15) is 0 Å². The summed E-state index contributed by atoms with van der Waals surface area (Å²) < 4.78 is 15.4. The van der Waals surface area contributed by atoms with Gasteiger partial charge in [-0.3, -0.25) is 4.79 Å². The fourth-order valence-corrected chi connectivity index (χ4v) is 3.69. The molecule has 0 aliphatic rings. The smallest absolute Gasteiger partial charge is 0.247 e. The summed E-state index contributed by atoms with van der Waals surface area (Å²) in [6.45, 7) is 5.21. The first kappa shape index (κ1) is 23.9.